The number of carbonyl (C=O) groups is 1. The van der Waals surface area contributed by atoms with Crippen molar-refractivity contribution in [2.45, 2.75) is 61.8 Å². The molecule has 0 aliphatic carbocycles. The molecule has 0 aromatic rings. The van der Waals surface area contributed by atoms with Gasteiger partial charge in [0.05, 0.1) is 0 Å². The summed E-state index contributed by atoms with van der Waals surface area (Å²) < 4.78 is 0. The van der Waals surface area contributed by atoms with Gasteiger partial charge in [0.25, 0.3) is 0 Å². The molecule has 1 amide bonds. The summed E-state index contributed by atoms with van der Waals surface area (Å²) in [4.78, 5) is 12.4. The van der Waals surface area contributed by atoms with Crippen LogP contribution in [0.3, 0.4) is 0 Å². The minimum atomic E-state index is -0.372. The van der Waals surface area contributed by atoms with Gasteiger partial charge >= 0.3 is 0 Å². The number of rotatable bonds is 7. The average molecular weight is 267 g/mol. The van der Waals surface area contributed by atoms with E-state index in [1.165, 1.54) is 0 Å². The quantitative estimate of drug-likeness (QED) is 0.680. The summed E-state index contributed by atoms with van der Waals surface area (Å²) >= 11 is 0. The summed E-state index contributed by atoms with van der Waals surface area (Å²) in [5.41, 5.74) is -0.428. The first-order chi connectivity index (χ1) is 8.50. The van der Waals surface area contributed by atoms with Crippen LogP contribution in [0.4, 0.5) is 0 Å². The molecule has 1 N–H and O–H groups in total. The molecular formula is C17H33NO. The number of amides is 1. The lowest BCUT2D eigenvalue weighted by molar-refractivity contribution is -0.135. The van der Waals surface area contributed by atoms with Crippen molar-refractivity contribution >= 4 is 5.91 Å². The van der Waals surface area contributed by atoms with Crippen LogP contribution in [0, 0.1) is 22.7 Å². The average Bonchev–Trinajstić information content (AvgIpc) is 2.24. The Hall–Kier alpha value is -0.790. The third kappa shape index (κ3) is 5.80. The van der Waals surface area contributed by atoms with E-state index in [0.29, 0.717) is 11.8 Å². The summed E-state index contributed by atoms with van der Waals surface area (Å²) in [7, 11) is 0. The van der Waals surface area contributed by atoms with Crippen LogP contribution in [0.5, 0.6) is 0 Å². The van der Waals surface area contributed by atoms with E-state index in [1.807, 2.05) is 13.8 Å². The van der Waals surface area contributed by atoms with Crippen molar-refractivity contribution in [2.75, 3.05) is 6.54 Å². The molecule has 0 aliphatic rings. The van der Waals surface area contributed by atoms with Crippen molar-refractivity contribution in [2.24, 2.45) is 22.7 Å². The molecule has 0 spiro atoms. The standard InChI is InChI=1S/C17H33NO/c1-13(2)10-9-11-16(5,6)17(7,8)15(19)18-12-14(3)4/h9-10,13-14H,11-12H2,1-8H3,(H,18,19)/b10-9+. The lowest BCUT2D eigenvalue weighted by Gasteiger charge is -2.40. The summed E-state index contributed by atoms with van der Waals surface area (Å²) in [5, 5.41) is 3.06. The highest BCUT2D eigenvalue weighted by molar-refractivity contribution is 5.82. The smallest absolute Gasteiger partial charge is 0.226 e. The molecule has 0 fully saturated rings. The van der Waals surface area contributed by atoms with Gasteiger partial charge in [-0.2, -0.15) is 0 Å². The van der Waals surface area contributed by atoms with Crippen molar-refractivity contribution in [1.29, 1.82) is 0 Å². The molecule has 2 heteroatoms. The predicted octanol–water partition coefficient (Wildman–Crippen LogP) is 4.41. The van der Waals surface area contributed by atoms with E-state index >= 15 is 0 Å². The Labute approximate surface area is 120 Å². The number of allylic oxidation sites excluding steroid dienone is 2. The third-order valence-electron chi connectivity index (χ3n) is 4.08. The van der Waals surface area contributed by atoms with E-state index in [1.54, 1.807) is 0 Å². The van der Waals surface area contributed by atoms with Gasteiger partial charge in [0.2, 0.25) is 5.91 Å². The molecule has 2 nitrogen and oxygen atoms in total. The van der Waals surface area contributed by atoms with Gasteiger partial charge in [-0.15, -0.1) is 0 Å². The summed E-state index contributed by atoms with van der Waals surface area (Å²) in [6, 6.07) is 0. The number of hydrogen-bond donors (Lipinski definition) is 1. The lowest BCUT2D eigenvalue weighted by Crippen LogP contribution is -2.47. The zero-order valence-corrected chi connectivity index (χ0v) is 14.1. The molecule has 0 radical (unpaired) electrons. The van der Waals surface area contributed by atoms with Gasteiger partial charge in [0, 0.05) is 12.0 Å². The molecular weight excluding hydrogens is 234 g/mol. The first-order valence-electron chi connectivity index (χ1n) is 7.45. The number of carbonyl (C=O) groups excluding carboxylic acids is 1. The first-order valence-corrected chi connectivity index (χ1v) is 7.45. The highest BCUT2D eigenvalue weighted by Crippen LogP contribution is 2.41. The normalized spacial score (nSPS) is 13.6. The van der Waals surface area contributed by atoms with Crippen molar-refractivity contribution in [3.05, 3.63) is 12.2 Å². The van der Waals surface area contributed by atoms with Crippen LogP contribution in [0.1, 0.15) is 61.8 Å². The first kappa shape index (κ1) is 18.2. The van der Waals surface area contributed by atoms with Crippen LogP contribution < -0.4 is 5.32 Å². The van der Waals surface area contributed by atoms with Crippen molar-refractivity contribution < 1.29 is 4.79 Å². The monoisotopic (exact) mass is 267 g/mol. The second-order valence-electron chi connectivity index (χ2n) is 7.49. The Bertz CT molecular complexity index is 311. The number of nitrogens with one attached hydrogen (secondary N) is 1. The Kier molecular flexibility index (Phi) is 6.82. The molecule has 0 bridgehead atoms. The molecule has 0 aromatic carbocycles. The van der Waals surface area contributed by atoms with Crippen LogP contribution in [0.25, 0.3) is 0 Å². The Balaban J connectivity index is 4.70. The van der Waals surface area contributed by atoms with Crippen molar-refractivity contribution in [3.63, 3.8) is 0 Å². The number of hydrogen-bond acceptors (Lipinski definition) is 1. The molecule has 0 aromatic heterocycles. The topological polar surface area (TPSA) is 29.1 Å². The van der Waals surface area contributed by atoms with E-state index in [4.69, 9.17) is 0 Å². The SMILES string of the molecule is CC(C)/C=C/CC(C)(C)C(C)(C)C(=O)NCC(C)C. The lowest BCUT2D eigenvalue weighted by atomic mass is 9.65. The zero-order valence-electron chi connectivity index (χ0n) is 14.1. The van der Waals surface area contributed by atoms with E-state index in [-0.39, 0.29) is 16.7 Å². The molecule has 0 rings (SSSR count). The van der Waals surface area contributed by atoms with Gasteiger partial charge in [0.15, 0.2) is 0 Å². The minimum absolute atomic E-state index is 0.0561. The van der Waals surface area contributed by atoms with Crippen LogP contribution in [0.2, 0.25) is 0 Å². The van der Waals surface area contributed by atoms with Crippen molar-refractivity contribution in [3.8, 4) is 0 Å². The van der Waals surface area contributed by atoms with Crippen molar-refractivity contribution in [1.82, 2.24) is 5.32 Å². The molecule has 19 heavy (non-hydrogen) atoms. The molecule has 0 atom stereocenters. The summed E-state index contributed by atoms with van der Waals surface area (Å²) in [6.45, 7) is 17.8. The van der Waals surface area contributed by atoms with Gasteiger partial charge in [-0.1, -0.05) is 67.5 Å². The Morgan fingerprint density at radius 1 is 1.11 bits per heavy atom. The fourth-order valence-electron chi connectivity index (χ4n) is 1.72. The maximum Gasteiger partial charge on any atom is 0.226 e. The van der Waals surface area contributed by atoms with E-state index in [9.17, 15) is 4.79 Å². The predicted molar refractivity (Wildman–Crippen MR) is 84.0 cm³/mol. The fourth-order valence-corrected chi connectivity index (χ4v) is 1.72. The maximum absolute atomic E-state index is 12.4. The second-order valence-corrected chi connectivity index (χ2v) is 7.49. The molecule has 0 saturated carbocycles. The van der Waals surface area contributed by atoms with E-state index < -0.39 is 0 Å². The second kappa shape index (κ2) is 7.12. The minimum Gasteiger partial charge on any atom is -0.355 e. The Morgan fingerprint density at radius 2 is 1.63 bits per heavy atom. The van der Waals surface area contributed by atoms with Crippen LogP contribution >= 0.6 is 0 Å². The summed E-state index contributed by atoms with van der Waals surface area (Å²) in [6.07, 6.45) is 5.35. The summed E-state index contributed by atoms with van der Waals surface area (Å²) in [5.74, 6) is 1.21. The molecule has 0 aliphatic heterocycles. The maximum atomic E-state index is 12.4. The van der Waals surface area contributed by atoms with Gasteiger partial charge in [0.1, 0.15) is 0 Å². The molecule has 0 unspecified atom stereocenters. The van der Waals surface area contributed by atoms with Gasteiger partial charge < -0.3 is 5.32 Å². The van der Waals surface area contributed by atoms with Crippen LogP contribution in [0.15, 0.2) is 12.2 Å². The Morgan fingerprint density at radius 3 is 2.05 bits per heavy atom. The highest BCUT2D eigenvalue weighted by atomic mass is 16.2. The largest absolute Gasteiger partial charge is 0.355 e. The fraction of sp³-hybridized carbons (Fsp3) is 0.824. The van der Waals surface area contributed by atoms with Crippen LogP contribution in [-0.2, 0) is 4.79 Å². The van der Waals surface area contributed by atoms with Gasteiger partial charge in [-0.25, -0.2) is 0 Å². The molecule has 112 valence electrons. The van der Waals surface area contributed by atoms with E-state index in [2.05, 4.69) is 59.0 Å². The third-order valence-corrected chi connectivity index (χ3v) is 4.08. The zero-order chi connectivity index (χ0) is 15.3. The molecule has 0 heterocycles. The highest BCUT2D eigenvalue weighted by Gasteiger charge is 2.42. The van der Waals surface area contributed by atoms with E-state index in [0.717, 1.165) is 13.0 Å². The van der Waals surface area contributed by atoms with Gasteiger partial charge in [-0.3, -0.25) is 4.79 Å². The molecule has 0 saturated heterocycles. The van der Waals surface area contributed by atoms with Gasteiger partial charge in [-0.05, 0) is 23.7 Å². The van der Waals surface area contributed by atoms with Crippen LogP contribution in [-0.4, -0.2) is 12.5 Å².